The molecule has 1 unspecified atom stereocenters. The molecule has 2 saturated heterocycles. The first-order valence-corrected chi connectivity index (χ1v) is 13.7. The summed E-state index contributed by atoms with van der Waals surface area (Å²) < 4.78 is 28.3. The largest absolute Gasteiger partial charge is 0.478 e. The minimum Gasteiger partial charge on any atom is -0.478 e. The van der Waals surface area contributed by atoms with Gasteiger partial charge >= 0.3 is 5.97 Å². The van der Waals surface area contributed by atoms with E-state index in [2.05, 4.69) is 11.9 Å². The Balaban J connectivity index is 1.43. The molecule has 1 atom stereocenters. The van der Waals surface area contributed by atoms with Crippen molar-refractivity contribution in [3.63, 3.8) is 0 Å². The van der Waals surface area contributed by atoms with Gasteiger partial charge in [0.2, 0.25) is 15.9 Å². The van der Waals surface area contributed by atoms with E-state index < -0.39 is 16.0 Å². The molecule has 34 heavy (non-hydrogen) atoms. The first kappa shape index (κ1) is 23.2. The minimum atomic E-state index is -3.81. The molecule has 2 aliphatic heterocycles. The summed E-state index contributed by atoms with van der Waals surface area (Å²) >= 11 is 0. The Morgan fingerprint density at radius 3 is 2.44 bits per heavy atom. The second-order valence-corrected chi connectivity index (χ2v) is 11.9. The van der Waals surface area contributed by atoms with Crippen LogP contribution in [0.3, 0.4) is 0 Å². The fraction of sp³-hybridized carbons (Fsp3) is 0.560. The number of aromatic carboxylic acids is 1. The van der Waals surface area contributed by atoms with Crippen molar-refractivity contribution in [1.29, 1.82) is 0 Å². The van der Waals surface area contributed by atoms with Gasteiger partial charge in [0.1, 0.15) is 0 Å². The molecule has 2 fully saturated rings. The summed E-state index contributed by atoms with van der Waals surface area (Å²) in [7, 11) is -3.81. The van der Waals surface area contributed by atoms with Crippen molar-refractivity contribution in [1.82, 2.24) is 14.2 Å². The molecule has 182 valence electrons. The lowest BCUT2D eigenvalue weighted by atomic mass is 9.84. The van der Waals surface area contributed by atoms with Crippen molar-refractivity contribution in [3.05, 3.63) is 35.0 Å². The van der Waals surface area contributed by atoms with Crippen molar-refractivity contribution in [2.45, 2.75) is 56.8 Å². The van der Waals surface area contributed by atoms with Gasteiger partial charge in [-0.3, -0.25) is 9.78 Å². The number of carboxylic acids is 1. The zero-order valence-electron chi connectivity index (χ0n) is 19.5. The van der Waals surface area contributed by atoms with Crippen LogP contribution in [0.4, 0.5) is 0 Å². The average Bonchev–Trinajstić information content (AvgIpc) is 3.36. The number of sulfonamides is 1. The Bertz CT molecular complexity index is 1240. The normalized spacial score (nSPS) is 22.1. The molecule has 9 heteroatoms. The van der Waals surface area contributed by atoms with E-state index in [4.69, 9.17) is 0 Å². The number of fused-ring (bicyclic) bond motifs is 2. The van der Waals surface area contributed by atoms with Crippen molar-refractivity contribution in [2.75, 3.05) is 26.2 Å². The predicted molar refractivity (Wildman–Crippen MR) is 127 cm³/mol. The van der Waals surface area contributed by atoms with Gasteiger partial charge in [-0.15, -0.1) is 0 Å². The van der Waals surface area contributed by atoms with E-state index in [0.717, 1.165) is 50.0 Å². The van der Waals surface area contributed by atoms with E-state index >= 15 is 0 Å². The number of hydrogen-bond acceptors (Lipinski definition) is 5. The minimum absolute atomic E-state index is 0.0810. The molecule has 1 aromatic carbocycles. The van der Waals surface area contributed by atoms with E-state index in [1.54, 1.807) is 6.07 Å². The number of pyridine rings is 1. The number of aromatic nitrogens is 1. The second-order valence-electron chi connectivity index (χ2n) is 9.95. The molecule has 0 radical (unpaired) electrons. The molecule has 3 aliphatic rings. The molecular formula is C25H31N3O5S. The first-order valence-electron chi connectivity index (χ1n) is 12.2. The molecule has 0 saturated carbocycles. The van der Waals surface area contributed by atoms with Crippen molar-refractivity contribution in [3.8, 4) is 0 Å². The number of aryl methyl sites for hydroxylation is 1. The van der Waals surface area contributed by atoms with Crippen LogP contribution in [0.15, 0.2) is 23.1 Å². The Labute approximate surface area is 200 Å². The summed E-state index contributed by atoms with van der Waals surface area (Å²) in [5.74, 6) is -0.663. The van der Waals surface area contributed by atoms with Crippen LogP contribution in [0.1, 0.15) is 60.6 Å². The van der Waals surface area contributed by atoms with Gasteiger partial charge < -0.3 is 10.0 Å². The third-order valence-corrected chi connectivity index (χ3v) is 9.54. The van der Waals surface area contributed by atoms with Gasteiger partial charge in [0, 0.05) is 43.2 Å². The maximum Gasteiger partial charge on any atom is 0.336 e. The first-order chi connectivity index (χ1) is 16.3. The molecule has 0 spiro atoms. The molecule has 1 aromatic heterocycles. The van der Waals surface area contributed by atoms with Crippen molar-refractivity contribution < 1.29 is 23.1 Å². The number of likely N-dealkylation sites (tertiary alicyclic amines) is 1. The van der Waals surface area contributed by atoms with E-state index in [0.29, 0.717) is 36.1 Å². The fourth-order valence-corrected chi connectivity index (χ4v) is 7.18. The van der Waals surface area contributed by atoms with Gasteiger partial charge in [-0.25, -0.2) is 13.2 Å². The number of amides is 1. The molecule has 0 bridgehead atoms. The lowest BCUT2D eigenvalue weighted by Crippen LogP contribution is -2.43. The Hall–Kier alpha value is -2.52. The highest BCUT2D eigenvalue weighted by Crippen LogP contribution is 2.34. The quantitative estimate of drug-likeness (QED) is 0.713. The highest BCUT2D eigenvalue weighted by Gasteiger charge is 2.35. The van der Waals surface area contributed by atoms with Crippen LogP contribution < -0.4 is 0 Å². The van der Waals surface area contributed by atoms with Crippen LogP contribution in [-0.4, -0.2) is 65.8 Å². The van der Waals surface area contributed by atoms with Crippen LogP contribution in [0.2, 0.25) is 0 Å². The lowest BCUT2D eigenvalue weighted by molar-refractivity contribution is -0.135. The van der Waals surface area contributed by atoms with Crippen LogP contribution in [0.5, 0.6) is 0 Å². The van der Waals surface area contributed by atoms with Crippen molar-refractivity contribution >= 4 is 32.8 Å². The third-order valence-electron chi connectivity index (χ3n) is 7.64. The van der Waals surface area contributed by atoms with E-state index in [1.807, 2.05) is 4.90 Å². The molecule has 8 nitrogen and oxygen atoms in total. The second kappa shape index (κ2) is 8.92. The van der Waals surface area contributed by atoms with Crippen LogP contribution in [-0.2, 0) is 27.7 Å². The predicted octanol–water partition coefficient (Wildman–Crippen LogP) is 3.08. The molecule has 3 heterocycles. The summed E-state index contributed by atoms with van der Waals surface area (Å²) in [5.41, 5.74) is 2.23. The molecule has 5 rings (SSSR count). The Morgan fingerprint density at radius 1 is 1.06 bits per heavy atom. The number of nitrogens with zero attached hydrogens (tertiary/aromatic N) is 3. The van der Waals surface area contributed by atoms with Crippen LogP contribution in [0.25, 0.3) is 10.9 Å². The Morgan fingerprint density at radius 2 is 1.76 bits per heavy atom. The SMILES string of the molecule is CC1CCc2nc3ccc(S(=O)(=O)N4CCC(C(=O)N5CCCC5)CC4)cc3c(C(=O)O)c2C1. The molecule has 1 amide bonds. The summed E-state index contributed by atoms with van der Waals surface area (Å²) in [4.78, 5) is 31.6. The van der Waals surface area contributed by atoms with Gasteiger partial charge in [0.15, 0.2) is 0 Å². The zero-order chi connectivity index (χ0) is 24.0. The molecule has 1 aliphatic carbocycles. The van der Waals surface area contributed by atoms with E-state index in [-0.39, 0.29) is 35.4 Å². The number of rotatable bonds is 4. The number of carbonyl (C=O) groups is 2. The van der Waals surface area contributed by atoms with Crippen molar-refractivity contribution in [2.24, 2.45) is 11.8 Å². The van der Waals surface area contributed by atoms with Gasteiger partial charge in [-0.1, -0.05) is 6.92 Å². The third kappa shape index (κ3) is 4.09. The Kier molecular flexibility index (Phi) is 6.10. The maximum atomic E-state index is 13.4. The molecule has 2 aromatic rings. The number of piperidine rings is 1. The summed E-state index contributed by atoms with van der Waals surface area (Å²) in [6, 6.07) is 4.62. The lowest BCUT2D eigenvalue weighted by Gasteiger charge is -2.32. The van der Waals surface area contributed by atoms with Crippen LogP contribution >= 0.6 is 0 Å². The number of hydrogen-bond donors (Lipinski definition) is 1. The highest BCUT2D eigenvalue weighted by molar-refractivity contribution is 7.89. The number of carbonyl (C=O) groups excluding carboxylic acids is 1. The van der Waals surface area contributed by atoms with E-state index in [1.165, 1.54) is 16.4 Å². The maximum absolute atomic E-state index is 13.4. The van der Waals surface area contributed by atoms with Gasteiger partial charge in [-0.2, -0.15) is 4.31 Å². The smallest absolute Gasteiger partial charge is 0.336 e. The number of carboxylic acid groups (broad SMARTS) is 1. The van der Waals surface area contributed by atoms with Crippen LogP contribution in [0, 0.1) is 11.8 Å². The topological polar surface area (TPSA) is 108 Å². The van der Waals surface area contributed by atoms with Gasteiger partial charge in [-0.05, 0) is 74.6 Å². The highest BCUT2D eigenvalue weighted by atomic mass is 32.2. The van der Waals surface area contributed by atoms with Gasteiger partial charge in [0.25, 0.3) is 0 Å². The fourth-order valence-electron chi connectivity index (χ4n) is 5.69. The standard InChI is InChI=1S/C25H31N3O5S/c1-16-4-6-21-19(14-16)23(25(30)31)20-15-18(5-7-22(20)26-21)34(32,33)28-12-8-17(9-13-28)24(29)27-10-2-3-11-27/h5,7,15-17H,2-4,6,8-14H2,1H3,(H,30,31). The summed E-state index contributed by atoms with van der Waals surface area (Å²) in [6.45, 7) is 4.28. The zero-order valence-corrected chi connectivity index (χ0v) is 20.3. The van der Waals surface area contributed by atoms with E-state index in [9.17, 15) is 23.1 Å². The van der Waals surface area contributed by atoms with Gasteiger partial charge in [0.05, 0.1) is 16.0 Å². The molecular weight excluding hydrogens is 454 g/mol. The monoisotopic (exact) mass is 485 g/mol. The molecule has 1 N–H and O–H groups in total. The summed E-state index contributed by atoms with van der Waals surface area (Å²) in [5, 5.41) is 10.4. The average molecular weight is 486 g/mol. The number of benzene rings is 1. The summed E-state index contributed by atoms with van der Waals surface area (Å²) in [6.07, 6.45) is 5.43.